The Morgan fingerprint density at radius 2 is 1.71 bits per heavy atom. The smallest absolute Gasteiger partial charge is 0.407 e. The van der Waals surface area contributed by atoms with Gasteiger partial charge in [0.15, 0.2) is 0 Å². The minimum Gasteiger partial charge on any atom is -0.480 e. The Hall–Kier alpha value is -4.14. The van der Waals surface area contributed by atoms with Crippen LogP contribution >= 0.6 is 0 Å². The van der Waals surface area contributed by atoms with Gasteiger partial charge in [0, 0.05) is 25.6 Å². The zero-order chi connectivity index (χ0) is 24.4. The molecule has 1 heterocycles. The number of fused-ring (bicyclic) bond motifs is 3. The molecule has 176 valence electrons. The number of carboxylic acid groups (broad SMARTS) is 1. The van der Waals surface area contributed by atoms with Crippen LogP contribution in [0.3, 0.4) is 0 Å². The molecule has 9 heteroatoms. The monoisotopic (exact) mass is 462 g/mol. The first-order valence-electron chi connectivity index (χ1n) is 10.9. The first kappa shape index (κ1) is 23.0. The number of likely N-dealkylation sites (N-methyl/N-ethyl adjacent to an activating group) is 1. The van der Waals surface area contributed by atoms with Gasteiger partial charge in [-0.3, -0.25) is 9.48 Å². The molecule has 4 rings (SSSR count). The van der Waals surface area contributed by atoms with Crippen LogP contribution in [0.2, 0.25) is 0 Å². The minimum atomic E-state index is -1.11. The molecule has 9 nitrogen and oxygen atoms in total. The highest BCUT2D eigenvalue weighted by Crippen LogP contribution is 2.44. The van der Waals surface area contributed by atoms with E-state index in [2.05, 4.69) is 22.5 Å². The van der Waals surface area contributed by atoms with Crippen molar-refractivity contribution in [3.8, 4) is 11.1 Å². The molecule has 0 saturated carbocycles. The van der Waals surface area contributed by atoms with E-state index in [-0.39, 0.29) is 24.8 Å². The van der Waals surface area contributed by atoms with Crippen molar-refractivity contribution in [1.29, 1.82) is 0 Å². The predicted molar refractivity (Wildman–Crippen MR) is 124 cm³/mol. The third-order valence-corrected chi connectivity index (χ3v) is 6.24. The Bertz CT molecular complexity index is 1210. The summed E-state index contributed by atoms with van der Waals surface area (Å²) >= 11 is 0. The fraction of sp³-hybridized carbons (Fsp3) is 0.280. The van der Waals surface area contributed by atoms with Crippen LogP contribution in [-0.4, -0.2) is 57.5 Å². The Labute approximate surface area is 196 Å². The number of carbonyl (C=O) groups is 3. The third kappa shape index (κ3) is 4.24. The molecule has 1 atom stereocenters. The van der Waals surface area contributed by atoms with Crippen LogP contribution in [0.15, 0.2) is 54.7 Å². The third-order valence-electron chi connectivity index (χ3n) is 6.24. The van der Waals surface area contributed by atoms with Gasteiger partial charge in [-0.05, 0) is 29.2 Å². The van der Waals surface area contributed by atoms with Crippen molar-refractivity contribution >= 4 is 18.0 Å². The molecule has 1 aliphatic carbocycles. The predicted octanol–water partition coefficient (Wildman–Crippen LogP) is 3.00. The van der Waals surface area contributed by atoms with Crippen LogP contribution in [0.4, 0.5) is 4.79 Å². The van der Waals surface area contributed by atoms with Crippen LogP contribution in [0.25, 0.3) is 11.1 Å². The summed E-state index contributed by atoms with van der Waals surface area (Å²) in [4.78, 5) is 37.7. The number of ether oxygens (including phenoxy) is 1. The summed E-state index contributed by atoms with van der Waals surface area (Å²) in [7, 11) is 3.00. The first-order chi connectivity index (χ1) is 16.3. The van der Waals surface area contributed by atoms with E-state index < -0.39 is 24.0 Å². The van der Waals surface area contributed by atoms with Gasteiger partial charge in [-0.2, -0.15) is 5.10 Å². The maximum absolute atomic E-state index is 12.8. The van der Waals surface area contributed by atoms with Crippen LogP contribution in [0, 0.1) is 0 Å². The summed E-state index contributed by atoms with van der Waals surface area (Å²) < 4.78 is 6.90. The lowest BCUT2D eigenvalue weighted by Gasteiger charge is -2.22. The average Bonchev–Trinajstić information content (AvgIpc) is 3.37. The highest BCUT2D eigenvalue weighted by atomic mass is 16.5. The van der Waals surface area contributed by atoms with E-state index >= 15 is 0 Å². The largest absolute Gasteiger partial charge is 0.480 e. The summed E-state index contributed by atoms with van der Waals surface area (Å²) in [6.45, 7) is 1.61. The second-order valence-electron chi connectivity index (χ2n) is 8.25. The summed E-state index contributed by atoms with van der Waals surface area (Å²) in [5, 5.41) is 16.0. The van der Waals surface area contributed by atoms with Gasteiger partial charge in [-0.25, -0.2) is 9.59 Å². The van der Waals surface area contributed by atoms with E-state index in [1.54, 1.807) is 7.05 Å². The number of hydrogen-bond acceptors (Lipinski definition) is 5. The zero-order valence-electron chi connectivity index (χ0n) is 19.2. The van der Waals surface area contributed by atoms with Crippen molar-refractivity contribution < 1.29 is 24.2 Å². The van der Waals surface area contributed by atoms with Crippen LogP contribution < -0.4 is 5.32 Å². The first-order valence-corrected chi connectivity index (χ1v) is 10.9. The highest BCUT2D eigenvalue weighted by Gasteiger charge is 2.30. The molecule has 2 N–H and O–H groups in total. The lowest BCUT2D eigenvalue weighted by molar-refractivity contribution is -0.141. The van der Waals surface area contributed by atoms with E-state index in [9.17, 15) is 19.5 Å². The highest BCUT2D eigenvalue weighted by molar-refractivity contribution is 5.96. The number of benzene rings is 2. The number of aryl methyl sites for hydroxylation is 1. The van der Waals surface area contributed by atoms with E-state index in [1.807, 2.05) is 36.4 Å². The Morgan fingerprint density at radius 3 is 2.29 bits per heavy atom. The van der Waals surface area contributed by atoms with Gasteiger partial charge >= 0.3 is 12.1 Å². The number of nitrogens with one attached hydrogen (secondary N) is 1. The standard InChI is InChI=1S/C25H26N4O5/c1-15(24(31)32)28(2)23(30)22-16(13-27-29(22)3)12-26-25(33)34-14-21-19-10-6-4-8-17(19)18-9-5-7-11-20(18)21/h4-11,13,15,21H,12,14H2,1-3H3,(H,26,33)(H,31,32)/t15-/m0/s1. The number of carboxylic acids is 1. The normalized spacial score (nSPS) is 13.0. The average molecular weight is 463 g/mol. The van der Waals surface area contributed by atoms with Crippen molar-refractivity contribution in [1.82, 2.24) is 20.0 Å². The van der Waals surface area contributed by atoms with E-state index in [4.69, 9.17) is 4.74 Å². The van der Waals surface area contributed by atoms with Gasteiger partial charge in [0.2, 0.25) is 0 Å². The van der Waals surface area contributed by atoms with Gasteiger partial charge in [0.25, 0.3) is 5.91 Å². The van der Waals surface area contributed by atoms with E-state index in [1.165, 1.54) is 24.9 Å². The number of hydrogen-bond donors (Lipinski definition) is 2. The lowest BCUT2D eigenvalue weighted by Crippen LogP contribution is -2.41. The fourth-order valence-corrected chi connectivity index (χ4v) is 4.21. The van der Waals surface area contributed by atoms with Crippen LogP contribution in [0.5, 0.6) is 0 Å². The maximum atomic E-state index is 12.8. The number of aromatic nitrogens is 2. The lowest BCUT2D eigenvalue weighted by atomic mass is 9.98. The molecule has 3 aromatic rings. The van der Waals surface area contributed by atoms with Crippen molar-refractivity contribution in [2.24, 2.45) is 7.05 Å². The molecular weight excluding hydrogens is 436 g/mol. The summed E-state index contributed by atoms with van der Waals surface area (Å²) in [6.07, 6.45) is 0.854. The van der Waals surface area contributed by atoms with Gasteiger partial charge in [-0.1, -0.05) is 48.5 Å². The SMILES string of the molecule is C[C@@H](C(=O)O)N(C)C(=O)c1c(CNC(=O)OCC2c3ccccc3-c3ccccc32)cnn1C. The van der Waals surface area contributed by atoms with Crippen LogP contribution in [0.1, 0.15) is 40.0 Å². The number of aliphatic carboxylic acids is 1. The molecule has 2 amide bonds. The molecule has 0 spiro atoms. The number of alkyl carbamates (subject to hydrolysis) is 1. The molecular formula is C25H26N4O5. The Balaban J connectivity index is 1.41. The molecule has 1 aromatic heterocycles. The molecule has 0 bridgehead atoms. The van der Waals surface area contributed by atoms with Crippen molar-refractivity contribution in [3.05, 3.63) is 77.1 Å². The van der Waals surface area contributed by atoms with E-state index in [0.717, 1.165) is 27.2 Å². The topological polar surface area (TPSA) is 114 Å². The second kappa shape index (κ2) is 9.38. The molecule has 0 radical (unpaired) electrons. The number of amides is 2. The molecule has 0 fully saturated rings. The minimum absolute atomic E-state index is 0.0148. The second-order valence-corrected chi connectivity index (χ2v) is 8.25. The number of nitrogens with zero attached hydrogens (tertiary/aromatic N) is 3. The molecule has 0 aliphatic heterocycles. The summed E-state index contributed by atoms with van der Waals surface area (Å²) in [5.74, 6) is -1.67. The molecule has 0 saturated heterocycles. The maximum Gasteiger partial charge on any atom is 0.407 e. The summed E-state index contributed by atoms with van der Waals surface area (Å²) in [5.41, 5.74) is 5.19. The Kier molecular flexibility index (Phi) is 6.36. The summed E-state index contributed by atoms with van der Waals surface area (Å²) in [6, 6.07) is 15.1. The number of rotatable bonds is 7. The molecule has 2 aromatic carbocycles. The Morgan fingerprint density at radius 1 is 1.12 bits per heavy atom. The van der Waals surface area contributed by atoms with Crippen molar-refractivity contribution in [3.63, 3.8) is 0 Å². The van der Waals surface area contributed by atoms with Gasteiger partial charge < -0.3 is 20.1 Å². The zero-order valence-corrected chi connectivity index (χ0v) is 19.2. The van der Waals surface area contributed by atoms with Crippen LogP contribution in [-0.2, 0) is 23.1 Å². The van der Waals surface area contributed by atoms with E-state index in [0.29, 0.717) is 5.56 Å². The van der Waals surface area contributed by atoms with Gasteiger partial charge in [-0.15, -0.1) is 0 Å². The fourth-order valence-electron chi connectivity index (χ4n) is 4.21. The molecule has 34 heavy (non-hydrogen) atoms. The number of carbonyl (C=O) groups excluding carboxylic acids is 2. The van der Waals surface area contributed by atoms with Crippen molar-refractivity contribution in [2.75, 3.05) is 13.7 Å². The quantitative estimate of drug-likeness (QED) is 0.558. The van der Waals surface area contributed by atoms with Gasteiger partial charge in [0.05, 0.1) is 12.7 Å². The molecule has 0 unspecified atom stereocenters. The van der Waals surface area contributed by atoms with Crippen molar-refractivity contribution in [2.45, 2.75) is 25.4 Å². The molecule has 1 aliphatic rings. The van der Waals surface area contributed by atoms with Gasteiger partial charge in [0.1, 0.15) is 18.3 Å².